The third-order valence-corrected chi connectivity index (χ3v) is 8.11. The number of hydrogen-bond donors (Lipinski definition) is 3. The van der Waals surface area contributed by atoms with Crippen molar-refractivity contribution in [1.29, 1.82) is 0 Å². The van der Waals surface area contributed by atoms with Crippen LogP contribution in [0.2, 0.25) is 0 Å². The fourth-order valence-corrected chi connectivity index (χ4v) is 5.75. The molecule has 5 aromatic carbocycles. The van der Waals surface area contributed by atoms with E-state index in [-0.39, 0.29) is 5.91 Å². The first kappa shape index (κ1) is 28.3. The molecule has 8 heteroatoms. The fraction of sp³-hybridized carbons (Fsp3) is 0.0811. The molecule has 2 atom stereocenters. The number of rotatable bonds is 9. The first-order chi connectivity index (χ1) is 22.1. The van der Waals surface area contributed by atoms with Crippen molar-refractivity contribution in [1.82, 2.24) is 15.5 Å². The first-order valence-corrected chi connectivity index (χ1v) is 15.0. The third-order valence-electron chi connectivity index (χ3n) is 7.70. The topological polar surface area (TPSA) is 88.3 Å². The number of H-pyrrole nitrogens is 1. The van der Waals surface area contributed by atoms with Crippen molar-refractivity contribution in [3.8, 4) is 11.5 Å². The van der Waals surface area contributed by atoms with Crippen LogP contribution < -0.4 is 20.1 Å². The Kier molecular flexibility index (Phi) is 7.91. The van der Waals surface area contributed by atoms with Gasteiger partial charge in [0.2, 0.25) is 0 Å². The number of aromatic amines is 1. The number of para-hydroxylation sites is 2. The zero-order valence-electron chi connectivity index (χ0n) is 24.1. The second-order valence-electron chi connectivity index (χ2n) is 10.7. The number of ether oxygens (including phenoxy) is 2. The highest BCUT2D eigenvalue weighted by Crippen LogP contribution is 2.45. The third kappa shape index (κ3) is 6.12. The van der Waals surface area contributed by atoms with Gasteiger partial charge in [0.1, 0.15) is 11.5 Å². The Morgan fingerprint density at radius 2 is 1.38 bits per heavy atom. The van der Waals surface area contributed by atoms with Gasteiger partial charge < -0.3 is 20.1 Å². The molecule has 7 nitrogen and oxygen atoms in total. The molecule has 1 aliphatic carbocycles. The number of nitrogens with one attached hydrogen (secondary N) is 3. The zero-order valence-corrected chi connectivity index (χ0v) is 24.9. The summed E-state index contributed by atoms with van der Waals surface area (Å²) in [5.74, 6) is 1.25. The SMILES string of the molecule is O=C(Nc1ccc2cn[nH]c2c1)c1ccc(CNC2=C(Cl)C(Oc3ccccc3)c3ccccc3C2Oc2ccccc2)cc1. The second-order valence-corrected chi connectivity index (χ2v) is 11.1. The Balaban J connectivity index is 1.13. The Hall–Kier alpha value is -5.53. The number of hydrogen-bond acceptors (Lipinski definition) is 5. The number of halogens is 1. The molecule has 0 spiro atoms. The van der Waals surface area contributed by atoms with Gasteiger partial charge in [0.15, 0.2) is 12.2 Å². The molecule has 1 heterocycles. The number of nitrogens with zero attached hydrogens (tertiary/aromatic N) is 1. The number of fused-ring (bicyclic) bond motifs is 2. The van der Waals surface area contributed by atoms with Crippen LogP contribution in [0.3, 0.4) is 0 Å². The van der Waals surface area contributed by atoms with Crippen molar-refractivity contribution in [2.24, 2.45) is 0 Å². The van der Waals surface area contributed by atoms with Gasteiger partial charge in [-0.3, -0.25) is 9.89 Å². The van der Waals surface area contributed by atoms with Gasteiger partial charge in [-0.25, -0.2) is 0 Å². The van der Waals surface area contributed by atoms with Crippen LogP contribution in [0.25, 0.3) is 10.9 Å². The smallest absolute Gasteiger partial charge is 0.255 e. The molecule has 3 N–H and O–H groups in total. The van der Waals surface area contributed by atoms with E-state index in [2.05, 4.69) is 20.8 Å². The molecule has 45 heavy (non-hydrogen) atoms. The predicted molar refractivity (Wildman–Crippen MR) is 176 cm³/mol. The maximum Gasteiger partial charge on any atom is 0.255 e. The molecule has 1 amide bonds. The normalized spacial score (nSPS) is 15.8. The van der Waals surface area contributed by atoms with Crippen LogP contribution in [0, 0.1) is 0 Å². The number of carbonyl (C=O) groups excluding carboxylic acids is 1. The number of benzene rings is 5. The zero-order chi connectivity index (χ0) is 30.6. The Morgan fingerprint density at radius 3 is 2.07 bits per heavy atom. The molecule has 0 radical (unpaired) electrons. The van der Waals surface area contributed by atoms with Crippen LogP contribution >= 0.6 is 11.6 Å². The monoisotopic (exact) mass is 612 g/mol. The summed E-state index contributed by atoms with van der Waals surface area (Å²) < 4.78 is 13.0. The molecule has 1 aromatic heterocycles. The van der Waals surface area contributed by atoms with Crippen LogP contribution in [0.4, 0.5) is 5.69 Å². The van der Waals surface area contributed by atoms with E-state index < -0.39 is 12.2 Å². The van der Waals surface area contributed by atoms with Gasteiger partial charge in [0.05, 0.1) is 22.4 Å². The summed E-state index contributed by atoms with van der Waals surface area (Å²) in [6.45, 7) is 0.457. The lowest BCUT2D eigenvalue weighted by Gasteiger charge is -2.34. The summed E-state index contributed by atoms with van der Waals surface area (Å²) in [7, 11) is 0. The molecule has 222 valence electrons. The maximum atomic E-state index is 13.0. The fourth-order valence-electron chi connectivity index (χ4n) is 5.42. The van der Waals surface area contributed by atoms with Gasteiger partial charge in [0.25, 0.3) is 5.91 Å². The van der Waals surface area contributed by atoms with Crippen molar-refractivity contribution in [2.45, 2.75) is 18.8 Å². The van der Waals surface area contributed by atoms with Gasteiger partial charge in [-0.15, -0.1) is 0 Å². The summed E-state index contributed by atoms with van der Waals surface area (Å²) in [6.07, 6.45) is 0.745. The van der Waals surface area contributed by atoms with E-state index in [1.807, 2.05) is 127 Å². The van der Waals surface area contributed by atoms with E-state index in [1.54, 1.807) is 6.20 Å². The molecule has 0 saturated carbocycles. The summed E-state index contributed by atoms with van der Waals surface area (Å²) in [5, 5.41) is 15.0. The van der Waals surface area contributed by atoms with Crippen molar-refractivity contribution in [2.75, 3.05) is 5.32 Å². The molecule has 0 fully saturated rings. The van der Waals surface area contributed by atoms with Crippen molar-refractivity contribution in [3.05, 3.63) is 167 Å². The average Bonchev–Trinajstić information content (AvgIpc) is 3.56. The van der Waals surface area contributed by atoms with E-state index in [1.165, 1.54) is 0 Å². The molecule has 0 aliphatic heterocycles. The van der Waals surface area contributed by atoms with E-state index >= 15 is 0 Å². The summed E-state index contributed by atoms with van der Waals surface area (Å²) in [5.41, 5.74) is 5.71. The van der Waals surface area contributed by atoms with Gasteiger partial charge in [0, 0.05) is 34.3 Å². The average molecular weight is 613 g/mol. The second kappa shape index (κ2) is 12.6. The predicted octanol–water partition coefficient (Wildman–Crippen LogP) is 8.31. The van der Waals surface area contributed by atoms with E-state index in [0.29, 0.717) is 22.8 Å². The number of amides is 1. The number of aromatic nitrogens is 2. The minimum atomic E-state index is -0.518. The number of anilines is 1. The van der Waals surface area contributed by atoms with Gasteiger partial charge in [-0.1, -0.05) is 84.4 Å². The van der Waals surface area contributed by atoms with E-state index in [0.717, 1.165) is 44.8 Å². The standard InChI is InChI=1S/C37H29ClN4O3/c38-33-34(39-22-24-15-17-25(18-16-24)37(43)41-27-20-19-26-23-40-42-32(26)21-27)36(45-29-11-5-2-6-12-29)31-14-8-7-13-30(31)35(33)44-28-9-3-1-4-10-28/h1-21,23,35-36,39H,22H2,(H,40,42)(H,41,43). The Labute approximate surface area is 265 Å². The number of carbonyl (C=O) groups is 1. The molecule has 0 bridgehead atoms. The molecular formula is C37H29ClN4O3. The molecular weight excluding hydrogens is 584 g/mol. The van der Waals surface area contributed by atoms with Gasteiger partial charge in [-0.05, 0) is 60.2 Å². The van der Waals surface area contributed by atoms with Crippen molar-refractivity contribution in [3.63, 3.8) is 0 Å². The highest BCUT2D eigenvalue weighted by molar-refractivity contribution is 6.30. The van der Waals surface area contributed by atoms with Gasteiger partial charge in [-0.2, -0.15) is 5.10 Å². The maximum absolute atomic E-state index is 13.0. The molecule has 7 rings (SSSR count). The summed E-state index contributed by atoms with van der Waals surface area (Å²) >= 11 is 7.18. The van der Waals surface area contributed by atoms with Crippen LogP contribution in [-0.2, 0) is 6.54 Å². The summed E-state index contributed by atoms with van der Waals surface area (Å²) in [4.78, 5) is 13.0. The van der Waals surface area contributed by atoms with Crippen LogP contribution in [0.1, 0.15) is 39.3 Å². The van der Waals surface area contributed by atoms with Crippen molar-refractivity contribution >= 4 is 34.1 Å². The lowest BCUT2D eigenvalue weighted by atomic mass is 9.89. The Bertz CT molecular complexity index is 1970. The quantitative estimate of drug-likeness (QED) is 0.153. The molecule has 0 saturated heterocycles. The Morgan fingerprint density at radius 1 is 0.756 bits per heavy atom. The van der Waals surface area contributed by atoms with Crippen molar-refractivity contribution < 1.29 is 14.3 Å². The van der Waals surface area contributed by atoms with E-state index in [9.17, 15) is 4.79 Å². The first-order valence-electron chi connectivity index (χ1n) is 14.6. The minimum Gasteiger partial charge on any atom is -0.480 e. The highest BCUT2D eigenvalue weighted by atomic mass is 35.5. The van der Waals surface area contributed by atoms with Crippen LogP contribution in [0.15, 0.2) is 144 Å². The highest BCUT2D eigenvalue weighted by Gasteiger charge is 2.36. The summed E-state index contributed by atoms with van der Waals surface area (Å²) in [6, 6.07) is 40.5. The largest absolute Gasteiger partial charge is 0.480 e. The lowest BCUT2D eigenvalue weighted by molar-refractivity contribution is 0.102. The van der Waals surface area contributed by atoms with Crippen LogP contribution in [0.5, 0.6) is 11.5 Å². The molecule has 1 aliphatic rings. The lowest BCUT2D eigenvalue weighted by Crippen LogP contribution is -2.31. The van der Waals surface area contributed by atoms with Gasteiger partial charge >= 0.3 is 0 Å². The van der Waals surface area contributed by atoms with Crippen LogP contribution in [-0.4, -0.2) is 16.1 Å². The molecule has 2 unspecified atom stereocenters. The minimum absolute atomic E-state index is 0.194. The van der Waals surface area contributed by atoms with E-state index in [4.69, 9.17) is 21.1 Å². The molecule has 6 aromatic rings.